The molecule has 0 heterocycles. The predicted molar refractivity (Wildman–Crippen MR) is 78.0 cm³/mol. The van der Waals surface area contributed by atoms with Gasteiger partial charge in [0.2, 0.25) is 0 Å². The second-order valence-electron chi connectivity index (χ2n) is 7.04. The second-order valence-corrected chi connectivity index (χ2v) is 7.04. The summed E-state index contributed by atoms with van der Waals surface area (Å²) < 4.78 is 0. The van der Waals surface area contributed by atoms with Gasteiger partial charge in [-0.2, -0.15) is 0 Å². The van der Waals surface area contributed by atoms with Crippen LogP contribution in [0.3, 0.4) is 0 Å². The van der Waals surface area contributed by atoms with E-state index in [1.165, 1.54) is 17.5 Å². The van der Waals surface area contributed by atoms with Gasteiger partial charge in [-0.05, 0) is 54.7 Å². The van der Waals surface area contributed by atoms with Crippen LogP contribution in [0.1, 0.15) is 50.3 Å². The van der Waals surface area contributed by atoms with Gasteiger partial charge in [0.25, 0.3) is 0 Å². The lowest BCUT2D eigenvalue weighted by molar-refractivity contribution is 0.175. The lowest BCUT2D eigenvalue weighted by Crippen LogP contribution is -2.34. The molecule has 3 atom stereocenters. The molecule has 0 radical (unpaired) electrons. The molecule has 0 amide bonds. The Morgan fingerprint density at radius 3 is 2.79 bits per heavy atom. The van der Waals surface area contributed by atoms with Crippen molar-refractivity contribution in [3.63, 3.8) is 0 Å². The molecule has 0 aliphatic heterocycles. The van der Waals surface area contributed by atoms with Crippen molar-refractivity contribution >= 4 is 0 Å². The molecule has 19 heavy (non-hydrogen) atoms. The summed E-state index contributed by atoms with van der Waals surface area (Å²) in [5.74, 6) is 0.651. The average molecular weight is 259 g/mol. The molecule has 0 saturated heterocycles. The molecule has 0 bridgehead atoms. The van der Waals surface area contributed by atoms with Gasteiger partial charge in [-0.25, -0.2) is 0 Å². The highest BCUT2D eigenvalue weighted by Crippen LogP contribution is 2.45. The van der Waals surface area contributed by atoms with Crippen molar-refractivity contribution in [2.75, 3.05) is 6.54 Å². The normalized spacial score (nSPS) is 32.5. The first-order chi connectivity index (χ1) is 9.06. The van der Waals surface area contributed by atoms with Crippen molar-refractivity contribution in [1.29, 1.82) is 0 Å². The average Bonchev–Trinajstić information content (AvgIpc) is 2.87. The highest BCUT2D eigenvalue weighted by molar-refractivity contribution is 5.37. The van der Waals surface area contributed by atoms with Gasteiger partial charge < -0.3 is 10.4 Å². The molecule has 1 aromatic rings. The molecule has 3 unspecified atom stereocenters. The van der Waals surface area contributed by atoms with Crippen molar-refractivity contribution in [3.8, 4) is 0 Å². The molecule has 0 aromatic heterocycles. The van der Waals surface area contributed by atoms with Crippen molar-refractivity contribution in [1.82, 2.24) is 5.32 Å². The molecular formula is C17H25NO. The molecule has 2 aliphatic rings. The third kappa shape index (κ3) is 2.56. The van der Waals surface area contributed by atoms with Gasteiger partial charge in [0.1, 0.15) is 0 Å². The molecule has 3 rings (SSSR count). The van der Waals surface area contributed by atoms with E-state index in [0.29, 0.717) is 17.4 Å². The Morgan fingerprint density at radius 2 is 2.05 bits per heavy atom. The van der Waals surface area contributed by atoms with Crippen LogP contribution in [-0.2, 0) is 6.42 Å². The first-order valence-electron chi connectivity index (χ1n) is 7.55. The minimum atomic E-state index is -0.0596. The van der Waals surface area contributed by atoms with Crippen molar-refractivity contribution < 1.29 is 5.11 Å². The number of nitrogens with one attached hydrogen (secondary N) is 1. The summed E-state index contributed by atoms with van der Waals surface area (Å²) >= 11 is 0. The summed E-state index contributed by atoms with van der Waals surface area (Å²) in [5.41, 5.74) is 3.27. The van der Waals surface area contributed by atoms with E-state index in [0.717, 1.165) is 25.8 Å². The summed E-state index contributed by atoms with van der Waals surface area (Å²) in [6.45, 7) is 5.75. The van der Waals surface area contributed by atoms with Gasteiger partial charge in [0.05, 0.1) is 6.10 Å². The van der Waals surface area contributed by atoms with Crippen LogP contribution in [0.2, 0.25) is 0 Å². The third-order valence-corrected chi connectivity index (χ3v) is 4.92. The summed E-state index contributed by atoms with van der Waals surface area (Å²) in [4.78, 5) is 0. The van der Waals surface area contributed by atoms with Crippen molar-refractivity contribution in [2.24, 2.45) is 11.3 Å². The number of fused-ring (bicyclic) bond motifs is 1. The highest BCUT2D eigenvalue weighted by atomic mass is 16.3. The minimum Gasteiger partial charge on any atom is -0.393 e. The first-order valence-corrected chi connectivity index (χ1v) is 7.55. The maximum Gasteiger partial charge on any atom is 0.0543 e. The lowest BCUT2D eigenvalue weighted by Gasteiger charge is -2.30. The molecule has 2 N–H and O–H groups in total. The summed E-state index contributed by atoms with van der Waals surface area (Å²) in [5, 5.41) is 13.4. The van der Waals surface area contributed by atoms with E-state index < -0.39 is 0 Å². The zero-order chi connectivity index (χ0) is 13.5. The van der Waals surface area contributed by atoms with Crippen LogP contribution < -0.4 is 5.32 Å². The van der Waals surface area contributed by atoms with Crippen LogP contribution in [0.15, 0.2) is 24.3 Å². The fourth-order valence-corrected chi connectivity index (χ4v) is 3.90. The van der Waals surface area contributed by atoms with Gasteiger partial charge in [-0.15, -0.1) is 0 Å². The van der Waals surface area contributed by atoms with E-state index in [-0.39, 0.29) is 6.10 Å². The number of benzene rings is 1. The van der Waals surface area contributed by atoms with Crippen LogP contribution in [-0.4, -0.2) is 17.8 Å². The van der Waals surface area contributed by atoms with E-state index in [9.17, 15) is 5.11 Å². The van der Waals surface area contributed by atoms with E-state index in [1.807, 2.05) is 0 Å². The second kappa shape index (κ2) is 4.92. The van der Waals surface area contributed by atoms with Crippen LogP contribution in [0, 0.1) is 11.3 Å². The Kier molecular flexibility index (Phi) is 3.40. The molecule has 1 fully saturated rings. The fourth-order valence-electron chi connectivity index (χ4n) is 3.90. The summed E-state index contributed by atoms with van der Waals surface area (Å²) in [6, 6.07) is 9.28. The maximum atomic E-state index is 9.62. The van der Waals surface area contributed by atoms with E-state index in [1.54, 1.807) is 0 Å². The maximum absolute atomic E-state index is 9.62. The van der Waals surface area contributed by atoms with Gasteiger partial charge in [-0.3, -0.25) is 0 Å². The Balaban J connectivity index is 1.69. The number of aliphatic hydroxyl groups is 1. The number of hydrogen-bond donors (Lipinski definition) is 2. The highest BCUT2D eigenvalue weighted by Gasteiger charge is 2.38. The molecule has 2 heteroatoms. The van der Waals surface area contributed by atoms with Crippen LogP contribution >= 0.6 is 0 Å². The van der Waals surface area contributed by atoms with Gasteiger partial charge in [0.15, 0.2) is 0 Å². The number of hydrogen-bond acceptors (Lipinski definition) is 2. The zero-order valence-electron chi connectivity index (χ0n) is 12.0. The molecule has 1 saturated carbocycles. The van der Waals surface area contributed by atoms with Crippen molar-refractivity contribution in [2.45, 2.75) is 51.7 Å². The van der Waals surface area contributed by atoms with E-state index in [4.69, 9.17) is 0 Å². The molecule has 1 aromatic carbocycles. The Labute approximate surface area is 116 Å². The largest absolute Gasteiger partial charge is 0.393 e. The summed E-state index contributed by atoms with van der Waals surface area (Å²) in [6.07, 6.45) is 4.23. The Morgan fingerprint density at radius 1 is 1.26 bits per heavy atom. The lowest BCUT2D eigenvalue weighted by atomic mass is 9.85. The third-order valence-electron chi connectivity index (χ3n) is 4.92. The SMILES string of the molecule is CC1(C)Cc2ccccc2C1NCC1CCC(O)C1. The Hall–Kier alpha value is -0.860. The smallest absolute Gasteiger partial charge is 0.0543 e. The predicted octanol–water partition coefficient (Wildman–Crippen LogP) is 3.06. The Bertz CT molecular complexity index is 454. The standard InChI is InChI=1S/C17H25NO/c1-17(2)10-13-5-3-4-6-15(13)16(17)18-11-12-7-8-14(19)9-12/h3-6,12,14,16,18-19H,7-11H2,1-2H3. The minimum absolute atomic E-state index is 0.0596. The topological polar surface area (TPSA) is 32.3 Å². The first kappa shape index (κ1) is 13.1. The molecule has 0 spiro atoms. The van der Waals surface area contributed by atoms with Crippen LogP contribution in [0.25, 0.3) is 0 Å². The fraction of sp³-hybridized carbons (Fsp3) is 0.647. The monoisotopic (exact) mass is 259 g/mol. The van der Waals surface area contributed by atoms with Crippen LogP contribution in [0.5, 0.6) is 0 Å². The van der Waals surface area contributed by atoms with E-state index >= 15 is 0 Å². The quantitative estimate of drug-likeness (QED) is 0.874. The zero-order valence-corrected chi connectivity index (χ0v) is 12.0. The number of rotatable bonds is 3. The van der Waals surface area contributed by atoms with Crippen molar-refractivity contribution in [3.05, 3.63) is 35.4 Å². The van der Waals surface area contributed by atoms with Gasteiger partial charge in [0, 0.05) is 6.04 Å². The molecular weight excluding hydrogens is 234 g/mol. The van der Waals surface area contributed by atoms with E-state index in [2.05, 4.69) is 43.4 Å². The summed E-state index contributed by atoms with van der Waals surface area (Å²) in [7, 11) is 0. The van der Waals surface area contributed by atoms with Gasteiger partial charge in [-0.1, -0.05) is 38.1 Å². The molecule has 104 valence electrons. The molecule has 2 nitrogen and oxygen atoms in total. The van der Waals surface area contributed by atoms with Gasteiger partial charge >= 0.3 is 0 Å². The number of aliphatic hydroxyl groups excluding tert-OH is 1. The molecule has 2 aliphatic carbocycles. The van der Waals surface area contributed by atoms with Crippen LogP contribution in [0.4, 0.5) is 0 Å².